The smallest absolute Gasteiger partial charge is 0.0541 e. The Morgan fingerprint density at radius 1 is 0.333 bits per heavy atom. The van der Waals surface area contributed by atoms with Crippen LogP contribution in [0.1, 0.15) is 5.56 Å². The standard InChI is InChI=1S/C49H34N2/c1-33-12-11-15-38(30-33)50(39-27-28-44-42-18-6-5-16-40(42)41-17-7-8-19-43(41)46(44)32-39)37-25-22-34(23-26-37)35-24-29-49-47(31-35)45-20-9-10-21-48(45)51(49)36-13-3-2-4-14-36/h2-32H,1H3. The van der Waals surface area contributed by atoms with Gasteiger partial charge in [0.15, 0.2) is 0 Å². The summed E-state index contributed by atoms with van der Waals surface area (Å²) in [6.45, 7) is 2.16. The summed E-state index contributed by atoms with van der Waals surface area (Å²) in [5.74, 6) is 0. The molecule has 0 saturated heterocycles. The second-order valence-corrected chi connectivity index (χ2v) is 13.5. The molecule has 10 rings (SSSR count). The van der Waals surface area contributed by atoms with E-state index in [0.717, 1.165) is 17.1 Å². The Hall–Kier alpha value is -6.64. The lowest BCUT2D eigenvalue weighted by Crippen LogP contribution is -2.10. The lowest BCUT2D eigenvalue weighted by atomic mass is 9.94. The third kappa shape index (κ3) is 4.80. The number of fused-ring (bicyclic) bond motifs is 9. The van der Waals surface area contributed by atoms with Crippen molar-refractivity contribution in [1.82, 2.24) is 4.57 Å². The van der Waals surface area contributed by atoms with Crippen LogP contribution in [0.25, 0.3) is 70.9 Å². The van der Waals surface area contributed by atoms with E-state index in [2.05, 4.69) is 204 Å². The fourth-order valence-electron chi connectivity index (χ4n) is 8.06. The monoisotopic (exact) mass is 650 g/mol. The fraction of sp³-hybridized carbons (Fsp3) is 0.0204. The molecule has 0 aliphatic heterocycles. The van der Waals surface area contributed by atoms with Gasteiger partial charge in [0, 0.05) is 33.5 Å². The van der Waals surface area contributed by atoms with Crippen molar-refractivity contribution >= 4 is 71.2 Å². The summed E-state index contributed by atoms with van der Waals surface area (Å²) in [4.78, 5) is 2.39. The largest absolute Gasteiger partial charge is 0.310 e. The molecule has 51 heavy (non-hydrogen) atoms. The highest BCUT2D eigenvalue weighted by Crippen LogP contribution is 2.42. The molecule has 0 saturated carbocycles. The Bertz CT molecular complexity index is 2880. The summed E-state index contributed by atoms with van der Waals surface area (Å²) in [6.07, 6.45) is 0. The van der Waals surface area contributed by atoms with Gasteiger partial charge in [0.2, 0.25) is 0 Å². The van der Waals surface area contributed by atoms with Crippen LogP contribution < -0.4 is 4.90 Å². The first-order chi connectivity index (χ1) is 25.2. The Morgan fingerprint density at radius 2 is 0.882 bits per heavy atom. The van der Waals surface area contributed by atoms with Crippen molar-refractivity contribution in [2.24, 2.45) is 0 Å². The summed E-state index contributed by atoms with van der Waals surface area (Å²) in [5.41, 5.74) is 10.6. The van der Waals surface area contributed by atoms with Crippen LogP contribution in [0, 0.1) is 6.92 Å². The number of anilines is 3. The quantitative estimate of drug-likeness (QED) is 0.168. The van der Waals surface area contributed by atoms with Gasteiger partial charge in [-0.3, -0.25) is 0 Å². The van der Waals surface area contributed by atoms with E-state index < -0.39 is 0 Å². The van der Waals surface area contributed by atoms with E-state index in [9.17, 15) is 0 Å². The van der Waals surface area contributed by atoms with Crippen LogP contribution >= 0.6 is 0 Å². The molecule has 240 valence electrons. The van der Waals surface area contributed by atoms with Crippen molar-refractivity contribution in [2.75, 3.05) is 4.90 Å². The zero-order valence-corrected chi connectivity index (χ0v) is 28.3. The molecule has 0 N–H and O–H groups in total. The summed E-state index contributed by atoms with van der Waals surface area (Å²) in [5, 5.41) is 10.2. The van der Waals surface area contributed by atoms with E-state index in [1.54, 1.807) is 0 Å². The van der Waals surface area contributed by atoms with Gasteiger partial charge >= 0.3 is 0 Å². The van der Waals surface area contributed by atoms with Crippen LogP contribution in [0.3, 0.4) is 0 Å². The van der Waals surface area contributed by atoms with Crippen molar-refractivity contribution in [1.29, 1.82) is 0 Å². The van der Waals surface area contributed by atoms with Crippen molar-refractivity contribution in [2.45, 2.75) is 6.92 Å². The van der Waals surface area contributed by atoms with Crippen molar-refractivity contribution in [3.8, 4) is 16.8 Å². The van der Waals surface area contributed by atoms with E-state index in [1.807, 2.05) is 0 Å². The second kappa shape index (κ2) is 11.8. The van der Waals surface area contributed by atoms with Gasteiger partial charge in [0.25, 0.3) is 0 Å². The predicted octanol–water partition coefficient (Wildman–Crippen LogP) is 13.7. The van der Waals surface area contributed by atoms with Gasteiger partial charge in [-0.05, 0) is 123 Å². The first-order valence-corrected chi connectivity index (χ1v) is 17.6. The molecule has 1 heterocycles. The molecule has 1 aromatic heterocycles. The van der Waals surface area contributed by atoms with Gasteiger partial charge in [0.1, 0.15) is 0 Å². The van der Waals surface area contributed by atoms with Crippen molar-refractivity contribution in [3.63, 3.8) is 0 Å². The molecule has 0 atom stereocenters. The maximum atomic E-state index is 2.39. The van der Waals surface area contributed by atoms with Gasteiger partial charge in [-0.25, -0.2) is 0 Å². The normalized spacial score (nSPS) is 11.6. The van der Waals surface area contributed by atoms with Crippen LogP contribution in [0.2, 0.25) is 0 Å². The molecule has 0 aliphatic rings. The predicted molar refractivity (Wildman–Crippen MR) is 218 cm³/mol. The average molecular weight is 651 g/mol. The number of aromatic nitrogens is 1. The lowest BCUT2D eigenvalue weighted by molar-refractivity contribution is 1.18. The molecule has 0 bridgehead atoms. The zero-order valence-electron chi connectivity index (χ0n) is 28.3. The molecule has 0 fully saturated rings. The highest BCUT2D eigenvalue weighted by Gasteiger charge is 2.17. The minimum atomic E-state index is 1.12. The molecular formula is C49H34N2. The molecule has 2 nitrogen and oxygen atoms in total. The molecule has 9 aromatic carbocycles. The zero-order chi connectivity index (χ0) is 33.9. The summed E-state index contributed by atoms with van der Waals surface area (Å²) in [6, 6.07) is 68.6. The fourth-order valence-corrected chi connectivity index (χ4v) is 8.06. The third-order valence-electron chi connectivity index (χ3n) is 10.4. The van der Waals surface area contributed by atoms with Crippen LogP contribution in [0.4, 0.5) is 17.1 Å². The lowest BCUT2D eigenvalue weighted by Gasteiger charge is -2.27. The Morgan fingerprint density at radius 3 is 1.59 bits per heavy atom. The summed E-state index contributed by atoms with van der Waals surface area (Å²) in [7, 11) is 0. The number of hydrogen-bond donors (Lipinski definition) is 0. The number of hydrogen-bond acceptors (Lipinski definition) is 1. The molecule has 0 radical (unpaired) electrons. The topological polar surface area (TPSA) is 8.17 Å². The number of benzene rings is 9. The molecule has 10 aromatic rings. The molecule has 0 amide bonds. The highest BCUT2D eigenvalue weighted by atomic mass is 15.1. The summed E-state index contributed by atoms with van der Waals surface area (Å²) < 4.78 is 2.37. The Kier molecular flexibility index (Phi) is 6.75. The average Bonchev–Trinajstić information content (AvgIpc) is 3.52. The van der Waals surface area contributed by atoms with Gasteiger partial charge in [-0.2, -0.15) is 0 Å². The first kappa shape index (κ1) is 29.3. The van der Waals surface area contributed by atoms with E-state index in [-0.39, 0.29) is 0 Å². The Labute approximate surface area is 297 Å². The maximum absolute atomic E-state index is 2.39. The molecular weight excluding hydrogens is 617 g/mol. The number of rotatable bonds is 5. The summed E-state index contributed by atoms with van der Waals surface area (Å²) >= 11 is 0. The van der Waals surface area contributed by atoms with Crippen molar-refractivity contribution in [3.05, 3.63) is 194 Å². The SMILES string of the molecule is Cc1cccc(N(c2ccc(-c3ccc4c(c3)c3ccccc3n4-c3ccccc3)cc2)c2ccc3c4ccccc4c4ccccc4c3c2)c1. The molecule has 0 aliphatic carbocycles. The third-order valence-corrected chi connectivity index (χ3v) is 10.4. The van der Waals surface area contributed by atoms with Crippen LogP contribution in [-0.2, 0) is 0 Å². The second-order valence-electron chi connectivity index (χ2n) is 13.5. The maximum Gasteiger partial charge on any atom is 0.0541 e. The minimum absolute atomic E-state index is 1.12. The van der Waals surface area contributed by atoms with E-state index in [0.29, 0.717) is 0 Å². The van der Waals surface area contributed by atoms with Crippen molar-refractivity contribution < 1.29 is 0 Å². The number of aryl methyl sites for hydroxylation is 1. The van der Waals surface area contributed by atoms with E-state index in [1.165, 1.54) is 76.5 Å². The molecule has 0 unspecified atom stereocenters. The van der Waals surface area contributed by atoms with E-state index in [4.69, 9.17) is 0 Å². The minimum Gasteiger partial charge on any atom is -0.310 e. The van der Waals surface area contributed by atoms with E-state index >= 15 is 0 Å². The van der Waals surface area contributed by atoms with Crippen LogP contribution in [0.15, 0.2) is 188 Å². The first-order valence-electron chi connectivity index (χ1n) is 17.6. The van der Waals surface area contributed by atoms with Gasteiger partial charge in [-0.1, -0.05) is 121 Å². The number of nitrogens with zero attached hydrogens (tertiary/aromatic N) is 2. The van der Waals surface area contributed by atoms with Crippen LogP contribution in [0.5, 0.6) is 0 Å². The Balaban J connectivity index is 1.11. The van der Waals surface area contributed by atoms with Gasteiger partial charge in [0.05, 0.1) is 11.0 Å². The molecule has 2 heteroatoms. The van der Waals surface area contributed by atoms with Gasteiger partial charge in [-0.15, -0.1) is 0 Å². The molecule has 0 spiro atoms. The van der Waals surface area contributed by atoms with Crippen LogP contribution in [-0.4, -0.2) is 4.57 Å². The highest BCUT2D eigenvalue weighted by molar-refractivity contribution is 6.25. The van der Waals surface area contributed by atoms with Gasteiger partial charge < -0.3 is 9.47 Å². The number of para-hydroxylation sites is 2.